The van der Waals surface area contributed by atoms with Crippen LogP contribution in [-0.2, 0) is 11.8 Å². The van der Waals surface area contributed by atoms with Gasteiger partial charge in [0.1, 0.15) is 5.75 Å². The lowest BCUT2D eigenvalue weighted by Crippen LogP contribution is -2.20. The van der Waals surface area contributed by atoms with E-state index in [9.17, 15) is 5.11 Å². The van der Waals surface area contributed by atoms with Gasteiger partial charge in [-0.1, -0.05) is 38.5 Å². The summed E-state index contributed by atoms with van der Waals surface area (Å²) in [5, 5.41) is 9.62. The summed E-state index contributed by atoms with van der Waals surface area (Å²) in [5.41, 5.74) is 9.09. The SMILES string of the molecule is COc1c(CCC(O)CN)cc(C)cc1C(C)(C)C. The van der Waals surface area contributed by atoms with Crippen molar-refractivity contribution in [3.05, 3.63) is 28.8 Å². The smallest absolute Gasteiger partial charge is 0.125 e. The van der Waals surface area contributed by atoms with Gasteiger partial charge in [0.25, 0.3) is 0 Å². The Morgan fingerprint density at radius 2 is 1.95 bits per heavy atom. The second kappa shape index (κ2) is 6.40. The average Bonchev–Trinajstić information content (AvgIpc) is 2.34. The number of benzene rings is 1. The molecule has 19 heavy (non-hydrogen) atoms. The summed E-state index contributed by atoms with van der Waals surface area (Å²) in [6.45, 7) is 8.95. The first-order valence-corrected chi connectivity index (χ1v) is 6.85. The number of aryl methyl sites for hydroxylation is 2. The molecule has 0 aliphatic heterocycles. The Morgan fingerprint density at radius 3 is 2.42 bits per heavy atom. The average molecular weight is 265 g/mol. The second-order valence-electron chi connectivity index (χ2n) is 6.18. The fourth-order valence-corrected chi connectivity index (χ4v) is 2.27. The quantitative estimate of drug-likeness (QED) is 0.860. The predicted octanol–water partition coefficient (Wildman–Crippen LogP) is 2.55. The number of rotatable bonds is 5. The van der Waals surface area contributed by atoms with Crippen molar-refractivity contribution in [1.82, 2.24) is 0 Å². The van der Waals surface area contributed by atoms with E-state index in [2.05, 4.69) is 39.8 Å². The van der Waals surface area contributed by atoms with Crippen molar-refractivity contribution in [2.45, 2.75) is 52.1 Å². The molecule has 1 aromatic rings. The molecule has 0 saturated heterocycles. The number of nitrogens with two attached hydrogens (primary N) is 1. The standard InChI is InChI=1S/C16H27NO2/c1-11-8-12(6-7-13(18)10-17)15(19-5)14(9-11)16(2,3)4/h8-9,13,18H,6-7,10,17H2,1-5H3. The van der Waals surface area contributed by atoms with Gasteiger partial charge in [-0.25, -0.2) is 0 Å². The summed E-state index contributed by atoms with van der Waals surface area (Å²) in [6.07, 6.45) is 1.01. The van der Waals surface area contributed by atoms with E-state index in [1.807, 2.05) is 0 Å². The molecule has 1 unspecified atom stereocenters. The van der Waals surface area contributed by atoms with E-state index < -0.39 is 6.10 Å². The van der Waals surface area contributed by atoms with Crippen LogP contribution < -0.4 is 10.5 Å². The molecule has 1 rings (SSSR count). The Bertz CT molecular complexity index is 421. The number of ether oxygens (including phenoxy) is 1. The largest absolute Gasteiger partial charge is 0.496 e. The van der Waals surface area contributed by atoms with E-state index in [0.29, 0.717) is 13.0 Å². The summed E-state index contributed by atoms with van der Waals surface area (Å²) in [7, 11) is 1.71. The van der Waals surface area contributed by atoms with Crippen LogP contribution in [0.25, 0.3) is 0 Å². The predicted molar refractivity (Wildman–Crippen MR) is 79.8 cm³/mol. The van der Waals surface area contributed by atoms with Gasteiger partial charge in [0.05, 0.1) is 13.2 Å². The summed E-state index contributed by atoms with van der Waals surface area (Å²) in [5.74, 6) is 0.947. The lowest BCUT2D eigenvalue weighted by Gasteiger charge is -2.25. The highest BCUT2D eigenvalue weighted by atomic mass is 16.5. The first-order chi connectivity index (χ1) is 8.79. The maximum absolute atomic E-state index is 9.62. The van der Waals surface area contributed by atoms with Crippen LogP contribution in [0.3, 0.4) is 0 Å². The summed E-state index contributed by atoms with van der Waals surface area (Å²) >= 11 is 0. The van der Waals surface area contributed by atoms with Crippen LogP contribution >= 0.6 is 0 Å². The van der Waals surface area contributed by atoms with Crippen LogP contribution in [0.1, 0.15) is 43.9 Å². The molecule has 0 spiro atoms. The van der Waals surface area contributed by atoms with Gasteiger partial charge in [0.2, 0.25) is 0 Å². The molecule has 3 heteroatoms. The Morgan fingerprint density at radius 1 is 1.32 bits per heavy atom. The molecule has 0 aliphatic rings. The zero-order valence-corrected chi connectivity index (χ0v) is 12.8. The van der Waals surface area contributed by atoms with Crippen molar-refractivity contribution in [2.75, 3.05) is 13.7 Å². The molecule has 0 aliphatic carbocycles. The third-order valence-electron chi connectivity index (χ3n) is 3.34. The molecule has 0 amide bonds. The van der Waals surface area contributed by atoms with Crippen molar-refractivity contribution < 1.29 is 9.84 Å². The first-order valence-electron chi connectivity index (χ1n) is 6.85. The zero-order chi connectivity index (χ0) is 14.6. The van der Waals surface area contributed by atoms with Crippen molar-refractivity contribution in [3.63, 3.8) is 0 Å². The number of aliphatic hydroxyl groups is 1. The van der Waals surface area contributed by atoms with E-state index in [1.54, 1.807) is 7.11 Å². The molecule has 0 bridgehead atoms. The molecular formula is C16H27NO2. The molecule has 0 aromatic heterocycles. The molecule has 108 valence electrons. The molecule has 3 N–H and O–H groups in total. The summed E-state index contributed by atoms with van der Waals surface area (Å²) in [4.78, 5) is 0. The van der Waals surface area contributed by atoms with E-state index in [1.165, 1.54) is 11.1 Å². The Balaban J connectivity index is 3.13. The van der Waals surface area contributed by atoms with Crippen LogP contribution in [0.15, 0.2) is 12.1 Å². The van der Waals surface area contributed by atoms with E-state index in [-0.39, 0.29) is 5.41 Å². The minimum Gasteiger partial charge on any atom is -0.496 e. The van der Waals surface area contributed by atoms with Crippen molar-refractivity contribution in [2.24, 2.45) is 5.73 Å². The number of hydrogen-bond donors (Lipinski definition) is 2. The maximum atomic E-state index is 9.62. The summed E-state index contributed by atoms with van der Waals surface area (Å²) in [6, 6.07) is 4.32. The molecular weight excluding hydrogens is 238 g/mol. The molecule has 3 nitrogen and oxygen atoms in total. The minimum absolute atomic E-state index is 0.0403. The van der Waals surface area contributed by atoms with Gasteiger partial charge in [-0.15, -0.1) is 0 Å². The summed E-state index contributed by atoms with van der Waals surface area (Å²) < 4.78 is 5.61. The molecule has 0 fully saturated rings. The molecule has 0 heterocycles. The number of methoxy groups -OCH3 is 1. The van der Waals surface area contributed by atoms with E-state index in [4.69, 9.17) is 10.5 Å². The highest BCUT2D eigenvalue weighted by molar-refractivity contribution is 5.47. The highest BCUT2D eigenvalue weighted by Gasteiger charge is 2.21. The molecule has 0 radical (unpaired) electrons. The van der Waals surface area contributed by atoms with Crippen molar-refractivity contribution in [3.8, 4) is 5.75 Å². The van der Waals surface area contributed by atoms with Crippen molar-refractivity contribution >= 4 is 0 Å². The number of hydrogen-bond acceptors (Lipinski definition) is 3. The Labute approximate surface area is 116 Å². The van der Waals surface area contributed by atoms with Crippen LogP contribution in [-0.4, -0.2) is 24.9 Å². The lowest BCUT2D eigenvalue weighted by molar-refractivity contribution is 0.173. The van der Waals surface area contributed by atoms with Gasteiger partial charge < -0.3 is 15.6 Å². The zero-order valence-electron chi connectivity index (χ0n) is 12.8. The highest BCUT2D eigenvalue weighted by Crippen LogP contribution is 2.35. The lowest BCUT2D eigenvalue weighted by atomic mass is 9.83. The van der Waals surface area contributed by atoms with Crippen LogP contribution in [0, 0.1) is 6.92 Å². The molecule has 1 aromatic carbocycles. The van der Waals surface area contributed by atoms with E-state index in [0.717, 1.165) is 17.7 Å². The van der Waals surface area contributed by atoms with Gasteiger partial charge in [0.15, 0.2) is 0 Å². The van der Waals surface area contributed by atoms with Gasteiger partial charge in [-0.3, -0.25) is 0 Å². The second-order valence-corrected chi connectivity index (χ2v) is 6.18. The third kappa shape index (κ3) is 4.22. The monoisotopic (exact) mass is 265 g/mol. The molecule has 1 atom stereocenters. The fourth-order valence-electron chi connectivity index (χ4n) is 2.27. The van der Waals surface area contributed by atoms with Crippen LogP contribution in [0.4, 0.5) is 0 Å². The maximum Gasteiger partial charge on any atom is 0.125 e. The molecule has 0 saturated carbocycles. The fraction of sp³-hybridized carbons (Fsp3) is 0.625. The van der Waals surface area contributed by atoms with Gasteiger partial charge >= 0.3 is 0 Å². The van der Waals surface area contributed by atoms with E-state index >= 15 is 0 Å². The third-order valence-corrected chi connectivity index (χ3v) is 3.34. The van der Waals surface area contributed by atoms with Gasteiger partial charge in [-0.05, 0) is 30.7 Å². The number of aliphatic hydroxyl groups excluding tert-OH is 1. The normalized spacial score (nSPS) is 13.4. The Hall–Kier alpha value is -1.06. The van der Waals surface area contributed by atoms with Gasteiger partial charge in [-0.2, -0.15) is 0 Å². The topological polar surface area (TPSA) is 55.5 Å². The van der Waals surface area contributed by atoms with Crippen LogP contribution in [0.2, 0.25) is 0 Å². The minimum atomic E-state index is -0.441. The Kier molecular flexibility index (Phi) is 5.39. The first kappa shape index (κ1) is 16.0. The van der Waals surface area contributed by atoms with Crippen molar-refractivity contribution in [1.29, 1.82) is 0 Å². The van der Waals surface area contributed by atoms with Crippen LogP contribution in [0.5, 0.6) is 5.75 Å². The van der Waals surface area contributed by atoms with Gasteiger partial charge in [0, 0.05) is 12.1 Å².